The predicted octanol–water partition coefficient (Wildman–Crippen LogP) is 4.29. The minimum atomic E-state index is -0.812. The Labute approximate surface area is 163 Å². The molecule has 0 heterocycles. The van der Waals surface area contributed by atoms with Crippen LogP contribution in [0.2, 0.25) is 0 Å². The minimum Gasteiger partial charge on any atom is -0.325 e. The van der Waals surface area contributed by atoms with Gasteiger partial charge in [-0.1, -0.05) is 24.3 Å². The fourth-order valence-corrected chi connectivity index (χ4v) is 2.76. The summed E-state index contributed by atoms with van der Waals surface area (Å²) in [4.78, 5) is 35.5. The van der Waals surface area contributed by atoms with Crippen LogP contribution in [0.5, 0.6) is 0 Å². The zero-order valence-corrected chi connectivity index (χ0v) is 14.9. The first-order valence-electron chi connectivity index (χ1n) is 8.47. The molecule has 0 spiro atoms. The molecule has 0 aliphatic carbocycles. The molecular formula is C21H14F2N2O4. The van der Waals surface area contributed by atoms with E-state index in [2.05, 4.69) is 5.32 Å². The molecule has 0 saturated carbocycles. The van der Waals surface area contributed by atoms with Gasteiger partial charge in [0, 0.05) is 12.1 Å². The quantitative estimate of drug-likeness (QED) is 0.382. The number of non-ortho nitro benzene ring substituents is 1. The summed E-state index contributed by atoms with van der Waals surface area (Å²) in [5.74, 6) is -2.66. The number of amides is 1. The molecule has 3 rings (SSSR count). The van der Waals surface area contributed by atoms with E-state index >= 15 is 0 Å². The van der Waals surface area contributed by atoms with Crippen molar-refractivity contribution in [2.24, 2.45) is 0 Å². The fourth-order valence-electron chi connectivity index (χ4n) is 2.76. The maximum Gasteiger partial charge on any atom is 0.270 e. The smallest absolute Gasteiger partial charge is 0.270 e. The van der Waals surface area contributed by atoms with E-state index in [0.29, 0.717) is 5.56 Å². The summed E-state index contributed by atoms with van der Waals surface area (Å²) in [6, 6.07) is 13.9. The average molecular weight is 396 g/mol. The number of nitro benzene ring substituents is 1. The van der Waals surface area contributed by atoms with Crippen molar-refractivity contribution < 1.29 is 23.3 Å². The van der Waals surface area contributed by atoms with Gasteiger partial charge in [0.15, 0.2) is 5.78 Å². The lowest BCUT2D eigenvalue weighted by Gasteiger charge is -2.11. The molecule has 6 nitrogen and oxygen atoms in total. The molecule has 3 aromatic rings. The van der Waals surface area contributed by atoms with Crippen LogP contribution in [0.3, 0.4) is 0 Å². The molecule has 0 radical (unpaired) electrons. The number of hydrogen-bond donors (Lipinski definition) is 1. The number of hydrogen-bond acceptors (Lipinski definition) is 4. The number of nitrogens with zero attached hydrogens (tertiary/aromatic N) is 1. The molecule has 0 saturated heterocycles. The molecule has 0 aromatic heterocycles. The SMILES string of the molecule is O=C(Cc1cccc(F)c1)Nc1ccc([N+](=O)[O-])cc1C(=O)c1ccccc1F. The van der Waals surface area contributed by atoms with Gasteiger partial charge in [0.1, 0.15) is 11.6 Å². The first-order chi connectivity index (χ1) is 13.8. The number of carbonyl (C=O) groups is 2. The summed E-state index contributed by atoms with van der Waals surface area (Å²) in [5, 5.41) is 13.6. The lowest BCUT2D eigenvalue weighted by molar-refractivity contribution is -0.384. The monoisotopic (exact) mass is 396 g/mol. The van der Waals surface area contributed by atoms with E-state index in [1.165, 1.54) is 42.5 Å². The number of benzene rings is 3. The third kappa shape index (κ3) is 4.67. The normalized spacial score (nSPS) is 10.4. The van der Waals surface area contributed by atoms with Crippen LogP contribution in [0.15, 0.2) is 66.7 Å². The fraction of sp³-hybridized carbons (Fsp3) is 0.0476. The Balaban J connectivity index is 1.93. The number of ketones is 1. The molecule has 0 atom stereocenters. The van der Waals surface area contributed by atoms with Gasteiger partial charge in [-0.05, 0) is 35.9 Å². The topological polar surface area (TPSA) is 89.3 Å². The van der Waals surface area contributed by atoms with Crippen LogP contribution in [0.4, 0.5) is 20.2 Å². The van der Waals surface area contributed by atoms with E-state index in [-0.39, 0.29) is 28.9 Å². The van der Waals surface area contributed by atoms with Crippen LogP contribution >= 0.6 is 0 Å². The van der Waals surface area contributed by atoms with Crippen LogP contribution in [-0.2, 0) is 11.2 Å². The van der Waals surface area contributed by atoms with Gasteiger partial charge in [-0.25, -0.2) is 8.78 Å². The second kappa shape index (κ2) is 8.39. The van der Waals surface area contributed by atoms with E-state index in [1.54, 1.807) is 6.07 Å². The van der Waals surface area contributed by atoms with Crippen LogP contribution < -0.4 is 5.32 Å². The second-order valence-electron chi connectivity index (χ2n) is 6.15. The first-order valence-corrected chi connectivity index (χ1v) is 8.47. The standard InChI is InChI=1S/C21H14F2N2O4/c22-14-5-3-4-13(10-14)11-20(26)24-19-9-8-15(25(28)29)12-17(19)21(27)16-6-1-2-7-18(16)23/h1-10,12H,11H2,(H,24,26). The van der Waals surface area contributed by atoms with Gasteiger partial charge in [0.05, 0.1) is 28.2 Å². The Kier molecular flexibility index (Phi) is 5.73. The highest BCUT2D eigenvalue weighted by Gasteiger charge is 2.21. The van der Waals surface area contributed by atoms with E-state index in [1.807, 2.05) is 0 Å². The van der Waals surface area contributed by atoms with Crippen LogP contribution in [-0.4, -0.2) is 16.6 Å². The van der Waals surface area contributed by atoms with Crippen molar-refractivity contribution in [2.45, 2.75) is 6.42 Å². The molecule has 29 heavy (non-hydrogen) atoms. The van der Waals surface area contributed by atoms with Crippen molar-refractivity contribution in [2.75, 3.05) is 5.32 Å². The van der Waals surface area contributed by atoms with E-state index in [9.17, 15) is 28.5 Å². The summed E-state index contributed by atoms with van der Waals surface area (Å²) < 4.78 is 27.3. The van der Waals surface area contributed by atoms with Gasteiger partial charge in [0.25, 0.3) is 5.69 Å². The van der Waals surface area contributed by atoms with Gasteiger partial charge in [-0.3, -0.25) is 19.7 Å². The maximum absolute atomic E-state index is 14.0. The maximum atomic E-state index is 14.0. The van der Waals surface area contributed by atoms with Crippen LogP contribution in [0.25, 0.3) is 0 Å². The third-order valence-electron chi connectivity index (χ3n) is 4.10. The summed E-state index contributed by atoms with van der Waals surface area (Å²) in [6.07, 6.45) is -0.178. The number of halogens is 2. The summed E-state index contributed by atoms with van der Waals surface area (Å²) in [6.45, 7) is 0. The highest BCUT2D eigenvalue weighted by Crippen LogP contribution is 2.26. The largest absolute Gasteiger partial charge is 0.325 e. The zero-order valence-electron chi connectivity index (χ0n) is 14.9. The van der Waals surface area contributed by atoms with Crippen molar-refractivity contribution in [3.05, 3.63) is 105 Å². The van der Waals surface area contributed by atoms with E-state index in [0.717, 1.165) is 18.2 Å². The van der Waals surface area contributed by atoms with Gasteiger partial charge < -0.3 is 5.32 Å². The van der Waals surface area contributed by atoms with Gasteiger partial charge >= 0.3 is 0 Å². The molecule has 1 N–H and O–H groups in total. The first kappa shape index (κ1) is 19.8. The molecule has 0 aliphatic heterocycles. The van der Waals surface area contributed by atoms with Crippen molar-refractivity contribution in [1.29, 1.82) is 0 Å². The lowest BCUT2D eigenvalue weighted by atomic mass is 10.00. The average Bonchev–Trinajstić information content (AvgIpc) is 2.68. The van der Waals surface area contributed by atoms with Crippen molar-refractivity contribution >= 4 is 23.1 Å². The van der Waals surface area contributed by atoms with Crippen LogP contribution in [0, 0.1) is 21.7 Å². The highest BCUT2D eigenvalue weighted by atomic mass is 19.1. The molecule has 0 unspecified atom stereocenters. The van der Waals surface area contributed by atoms with Crippen molar-refractivity contribution in [1.82, 2.24) is 0 Å². The Bertz CT molecular complexity index is 1120. The molecule has 0 fully saturated rings. The van der Waals surface area contributed by atoms with Crippen LogP contribution in [0.1, 0.15) is 21.5 Å². The van der Waals surface area contributed by atoms with Crippen molar-refractivity contribution in [3.63, 3.8) is 0 Å². The Morgan fingerprint density at radius 2 is 1.69 bits per heavy atom. The molecule has 146 valence electrons. The number of nitrogens with one attached hydrogen (secondary N) is 1. The van der Waals surface area contributed by atoms with Crippen molar-refractivity contribution in [3.8, 4) is 0 Å². The van der Waals surface area contributed by atoms with E-state index < -0.39 is 28.2 Å². The number of rotatable bonds is 6. The van der Waals surface area contributed by atoms with Gasteiger partial charge in [-0.2, -0.15) is 0 Å². The summed E-state index contributed by atoms with van der Waals surface area (Å²) in [5.41, 5.74) is -0.491. The number of carbonyl (C=O) groups excluding carboxylic acids is 2. The number of anilines is 1. The molecule has 0 aliphatic rings. The highest BCUT2D eigenvalue weighted by molar-refractivity contribution is 6.14. The Hall–Kier alpha value is -3.94. The minimum absolute atomic E-state index is 0.00902. The van der Waals surface area contributed by atoms with E-state index in [4.69, 9.17) is 0 Å². The molecule has 3 aromatic carbocycles. The molecule has 1 amide bonds. The molecular weight excluding hydrogens is 382 g/mol. The van der Waals surface area contributed by atoms with Gasteiger partial charge in [-0.15, -0.1) is 0 Å². The Morgan fingerprint density at radius 1 is 0.931 bits per heavy atom. The second-order valence-corrected chi connectivity index (χ2v) is 6.15. The van der Waals surface area contributed by atoms with Gasteiger partial charge in [0.2, 0.25) is 5.91 Å². The predicted molar refractivity (Wildman–Crippen MR) is 102 cm³/mol. The summed E-state index contributed by atoms with van der Waals surface area (Å²) in [7, 11) is 0. The third-order valence-corrected chi connectivity index (χ3v) is 4.10. The molecule has 8 heteroatoms. The number of nitro groups is 1. The lowest BCUT2D eigenvalue weighted by Crippen LogP contribution is -2.17. The zero-order chi connectivity index (χ0) is 21.0. The summed E-state index contributed by atoms with van der Waals surface area (Å²) >= 11 is 0. The molecule has 0 bridgehead atoms. The Morgan fingerprint density at radius 3 is 2.38 bits per heavy atom.